The summed E-state index contributed by atoms with van der Waals surface area (Å²) in [6.45, 7) is 6.64. The van der Waals surface area contributed by atoms with Crippen LogP contribution in [0.15, 0.2) is 42.7 Å². The van der Waals surface area contributed by atoms with Crippen LogP contribution in [0.25, 0.3) is 0 Å². The maximum atomic E-state index is 12.1. The Balaban J connectivity index is 1.55. The van der Waals surface area contributed by atoms with E-state index in [1.165, 1.54) is 63.4 Å². The van der Waals surface area contributed by atoms with Gasteiger partial charge in [0.15, 0.2) is 19.0 Å². The second-order valence-corrected chi connectivity index (χ2v) is 9.86. The van der Waals surface area contributed by atoms with Crippen LogP contribution < -0.4 is 19.4 Å². The predicted octanol–water partition coefficient (Wildman–Crippen LogP) is 7.07. The van der Waals surface area contributed by atoms with Gasteiger partial charge in [-0.1, -0.05) is 83.2 Å². The van der Waals surface area contributed by atoms with Crippen molar-refractivity contribution in [2.75, 3.05) is 19.8 Å². The van der Waals surface area contributed by atoms with Gasteiger partial charge in [-0.05, 0) is 30.5 Å². The Kier molecular flexibility index (Phi) is 15.7. The number of hydrogen-bond donors (Lipinski definition) is 1. The lowest BCUT2D eigenvalue weighted by Gasteiger charge is -2.11. The van der Waals surface area contributed by atoms with Crippen molar-refractivity contribution < 1.29 is 18.8 Å². The molecule has 5 nitrogen and oxygen atoms in total. The highest BCUT2D eigenvalue weighted by molar-refractivity contribution is 6.32. The van der Waals surface area contributed by atoms with Gasteiger partial charge in [-0.2, -0.15) is 0 Å². The Bertz CT molecular complexity index is 858. The number of carbonyl (C=O) groups is 1. The number of nitrogens with zero attached hydrogens (tertiary/aromatic N) is 1. The standard InChI is InChI=1S/C30H45ClN2O3/c1-3-5-6-7-8-9-10-11-12-13-23-35-29-15-14-27(24-28(29)31)36-25-30(34)32-19-16-26-17-21-33(20-4-2)22-18-26/h14-15,17-18,21-22,24H,3-13,16,19-20,23,25H2,1-2H3/p+1. The van der Waals surface area contributed by atoms with Crippen molar-refractivity contribution in [1.29, 1.82) is 0 Å². The summed E-state index contributed by atoms with van der Waals surface area (Å²) in [5.41, 5.74) is 1.20. The van der Waals surface area contributed by atoms with E-state index in [0.29, 0.717) is 29.7 Å². The van der Waals surface area contributed by atoms with Crippen LogP contribution in [0.2, 0.25) is 5.02 Å². The molecular weight excluding hydrogens is 472 g/mol. The molecule has 0 aliphatic heterocycles. The first-order valence-corrected chi connectivity index (χ1v) is 14.3. The number of aromatic nitrogens is 1. The first-order chi connectivity index (χ1) is 17.6. The molecule has 0 aliphatic carbocycles. The molecule has 1 heterocycles. The largest absolute Gasteiger partial charge is 0.492 e. The maximum Gasteiger partial charge on any atom is 0.257 e. The molecular formula is C30H46ClN2O3+. The summed E-state index contributed by atoms with van der Waals surface area (Å²) in [7, 11) is 0. The Morgan fingerprint density at radius 1 is 0.861 bits per heavy atom. The van der Waals surface area contributed by atoms with Crippen molar-refractivity contribution in [1.82, 2.24) is 5.32 Å². The van der Waals surface area contributed by atoms with Crippen LogP contribution in [0.5, 0.6) is 11.5 Å². The number of aryl methyl sites for hydroxylation is 1. The molecule has 1 N–H and O–H groups in total. The van der Waals surface area contributed by atoms with Gasteiger partial charge in [0.1, 0.15) is 18.0 Å². The molecule has 0 saturated carbocycles. The van der Waals surface area contributed by atoms with Crippen LogP contribution in [-0.4, -0.2) is 25.7 Å². The Labute approximate surface area is 223 Å². The van der Waals surface area contributed by atoms with Gasteiger partial charge < -0.3 is 14.8 Å². The predicted molar refractivity (Wildman–Crippen MR) is 148 cm³/mol. The molecule has 0 unspecified atom stereocenters. The van der Waals surface area contributed by atoms with Gasteiger partial charge in [-0.25, -0.2) is 4.57 Å². The zero-order valence-corrected chi connectivity index (χ0v) is 23.2. The van der Waals surface area contributed by atoms with Crippen molar-refractivity contribution in [3.05, 3.63) is 53.3 Å². The van der Waals surface area contributed by atoms with Crippen LogP contribution >= 0.6 is 11.6 Å². The minimum absolute atomic E-state index is 0.0412. The van der Waals surface area contributed by atoms with Crippen molar-refractivity contribution in [3.63, 3.8) is 0 Å². The summed E-state index contributed by atoms with van der Waals surface area (Å²) in [5.74, 6) is 1.07. The molecule has 1 aromatic carbocycles. The van der Waals surface area contributed by atoms with Gasteiger partial charge >= 0.3 is 0 Å². The Morgan fingerprint density at radius 3 is 2.17 bits per heavy atom. The van der Waals surface area contributed by atoms with Gasteiger partial charge in [-0.3, -0.25) is 4.79 Å². The summed E-state index contributed by atoms with van der Waals surface area (Å²) in [5, 5.41) is 3.41. The van der Waals surface area contributed by atoms with E-state index < -0.39 is 0 Å². The fourth-order valence-corrected chi connectivity index (χ4v) is 4.29. The fraction of sp³-hybridized carbons (Fsp3) is 0.600. The minimum Gasteiger partial charge on any atom is -0.492 e. The molecule has 0 spiro atoms. The van der Waals surface area contributed by atoms with E-state index in [-0.39, 0.29) is 12.5 Å². The second kappa shape index (κ2) is 18.9. The third-order valence-corrected chi connectivity index (χ3v) is 6.50. The van der Waals surface area contributed by atoms with Crippen molar-refractivity contribution in [3.8, 4) is 11.5 Å². The lowest BCUT2D eigenvalue weighted by atomic mass is 10.1. The SMILES string of the molecule is CCCCCCCCCCCCOc1ccc(OCC(=O)NCCc2cc[n+](CCC)cc2)cc1Cl. The summed E-state index contributed by atoms with van der Waals surface area (Å²) in [6.07, 6.45) is 19.0. The Hall–Kier alpha value is -2.27. The number of carbonyl (C=O) groups excluding carboxylic acids is 1. The van der Waals surface area contributed by atoms with Crippen LogP contribution in [0, 0.1) is 0 Å². The average molecular weight is 518 g/mol. The topological polar surface area (TPSA) is 51.4 Å². The number of benzene rings is 1. The Morgan fingerprint density at radius 2 is 1.53 bits per heavy atom. The van der Waals surface area contributed by atoms with E-state index in [1.807, 2.05) is 6.07 Å². The molecule has 0 atom stereocenters. The average Bonchev–Trinajstić information content (AvgIpc) is 2.88. The van der Waals surface area contributed by atoms with E-state index in [2.05, 4.69) is 48.3 Å². The number of nitrogens with one attached hydrogen (secondary N) is 1. The third-order valence-electron chi connectivity index (χ3n) is 6.21. The molecule has 1 amide bonds. The second-order valence-electron chi connectivity index (χ2n) is 9.46. The van der Waals surface area contributed by atoms with E-state index >= 15 is 0 Å². The van der Waals surface area contributed by atoms with Gasteiger partial charge in [0, 0.05) is 31.2 Å². The smallest absolute Gasteiger partial charge is 0.257 e. The third kappa shape index (κ3) is 13.2. The maximum absolute atomic E-state index is 12.1. The van der Waals surface area contributed by atoms with Gasteiger partial charge in [0.05, 0.1) is 11.6 Å². The number of pyridine rings is 1. The van der Waals surface area contributed by atoms with Crippen LogP contribution in [0.4, 0.5) is 0 Å². The molecule has 200 valence electrons. The van der Waals surface area contributed by atoms with Crippen LogP contribution in [-0.2, 0) is 17.8 Å². The summed E-state index contributed by atoms with van der Waals surface area (Å²) in [4.78, 5) is 12.1. The van der Waals surface area contributed by atoms with Crippen LogP contribution in [0.1, 0.15) is 90.0 Å². The molecule has 2 rings (SSSR count). The van der Waals surface area contributed by atoms with E-state index in [0.717, 1.165) is 25.8 Å². The van der Waals surface area contributed by atoms with Gasteiger partial charge in [0.25, 0.3) is 5.91 Å². The molecule has 0 fully saturated rings. The first-order valence-electron chi connectivity index (χ1n) is 13.9. The monoisotopic (exact) mass is 517 g/mol. The molecule has 6 heteroatoms. The molecule has 1 aromatic heterocycles. The molecule has 0 radical (unpaired) electrons. The van der Waals surface area contributed by atoms with E-state index in [9.17, 15) is 4.79 Å². The fourth-order valence-electron chi connectivity index (χ4n) is 4.07. The van der Waals surface area contributed by atoms with Gasteiger partial charge in [-0.15, -0.1) is 0 Å². The highest BCUT2D eigenvalue weighted by atomic mass is 35.5. The molecule has 36 heavy (non-hydrogen) atoms. The van der Waals surface area contributed by atoms with Crippen molar-refractivity contribution >= 4 is 17.5 Å². The zero-order valence-electron chi connectivity index (χ0n) is 22.4. The summed E-state index contributed by atoms with van der Waals surface area (Å²) >= 11 is 6.35. The highest BCUT2D eigenvalue weighted by Gasteiger charge is 2.07. The zero-order chi connectivity index (χ0) is 25.8. The van der Waals surface area contributed by atoms with Gasteiger partial charge in [0.2, 0.25) is 0 Å². The normalized spacial score (nSPS) is 10.9. The highest BCUT2D eigenvalue weighted by Crippen LogP contribution is 2.29. The minimum atomic E-state index is -0.149. The number of halogens is 1. The van der Waals surface area contributed by atoms with E-state index in [1.54, 1.807) is 12.1 Å². The number of amides is 1. The summed E-state index contributed by atoms with van der Waals surface area (Å²) < 4.78 is 13.6. The molecule has 0 aliphatic rings. The number of unbranched alkanes of at least 4 members (excludes halogenated alkanes) is 9. The number of hydrogen-bond acceptors (Lipinski definition) is 3. The first kappa shape index (κ1) is 30.0. The van der Waals surface area contributed by atoms with Crippen molar-refractivity contribution in [2.45, 2.75) is 97.4 Å². The number of rotatable bonds is 20. The molecule has 2 aromatic rings. The number of ether oxygens (including phenoxy) is 2. The quantitative estimate of drug-likeness (QED) is 0.151. The summed E-state index contributed by atoms with van der Waals surface area (Å²) in [6, 6.07) is 9.51. The molecule has 0 saturated heterocycles. The van der Waals surface area contributed by atoms with E-state index in [4.69, 9.17) is 21.1 Å². The van der Waals surface area contributed by atoms with Crippen LogP contribution in [0.3, 0.4) is 0 Å². The lowest BCUT2D eigenvalue weighted by molar-refractivity contribution is -0.697. The van der Waals surface area contributed by atoms with Crippen molar-refractivity contribution in [2.24, 2.45) is 0 Å². The molecule has 0 bridgehead atoms. The lowest BCUT2D eigenvalue weighted by Crippen LogP contribution is -2.33.